The van der Waals surface area contributed by atoms with Crippen LogP contribution in [-0.2, 0) is 9.53 Å². The number of nitrogens with zero attached hydrogens (tertiary/aromatic N) is 1. The van der Waals surface area contributed by atoms with Crippen molar-refractivity contribution in [2.24, 2.45) is 0 Å². The second kappa shape index (κ2) is 5.27. The van der Waals surface area contributed by atoms with Crippen molar-refractivity contribution < 1.29 is 14.3 Å². The van der Waals surface area contributed by atoms with E-state index < -0.39 is 12.1 Å². The molecule has 1 heterocycles. The van der Waals surface area contributed by atoms with Gasteiger partial charge < -0.3 is 15.4 Å². The van der Waals surface area contributed by atoms with Crippen LogP contribution in [0.25, 0.3) is 0 Å². The van der Waals surface area contributed by atoms with E-state index >= 15 is 0 Å². The number of anilines is 1. The zero-order valence-electron chi connectivity index (χ0n) is 10.2. The first kappa shape index (κ1) is 14.0. The molecule has 1 saturated heterocycles. The molecule has 0 aliphatic carbocycles. The first-order chi connectivity index (χ1) is 8.90. The number of nitrogens with two attached hydrogens (primary N) is 1. The zero-order valence-corrected chi connectivity index (χ0v) is 11.7. The maximum absolute atomic E-state index is 12.0. The van der Waals surface area contributed by atoms with Gasteiger partial charge in [0.15, 0.2) is 6.10 Å². The standard InChI is InChI=1S/C12H12Cl2N2O3/c1-16-3-2-9(11(16)17)19-12(18)7-4-6(15)5-8(13)10(7)14/h4-5,9H,2-3,15H2,1H3. The number of hydrogen-bond donors (Lipinski definition) is 1. The summed E-state index contributed by atoms with van der Waals surface area (Å²) in [6, 6.07) is 2.81. The average molecular weight is 303 g/mol. The van der Waals surface area contributed by atoms with Gasteiger partial charge in [-0.2, -0.15) is 0 Å². The average Bonchev–Trinajstić information content (AvgIpc) is 2.65. The monoisotopic (exact) mass is 302 g/mol. The lowest BCUT2D eigenvalue weighted by Gasteiger charge is -2.13. The van der Waals surface area contributed by atoms with Crippen molar-refractivity contribution >= 4 is 40.8 Å². The van der Waals surface area contributed by atoms with Crippen molar-refractivity contribution in [3.63, 3.8) is 0 Å². The number of benzene rings is 1. The largest absolute Gasteiger partial charge is 0.449 e. The minimum Gasteiger partial charge on any atom is -0.449 e. The third kappa shape index (κ3) is 2.77. The van der Waals surface area contributed by atoms with E-state index in [4.69, 9.17) is 33.7 Å². The van der Waals surface area contributed by atoms with Gasteiger partial charge in [-0.05, 0) is 12.1 Å². The number of halogens is 2. The van der Waals surface area contributed by atoms with Gasteiger partial charge in [-0.15, -0.1) is 0 Å². The van der Waals surface area contributed by atoms with E-state index in [2.05, 4.69) is 0 Å². The molecule has 1 aliphatic rings. The fraction of sp³-hybridized carbons (Fsp3) is 0.333. The molecule has 7 heteroatoms. The van der Waals surface area contributed by atoms with Crippen LogP contribution in [0, 0.1) is 0 Å². The van der Waals surface area contributed by atoms with Crippen LogP contribution in [0.3, 0.4) is 0 Å². The summed E-state index contributed by atoms with van der Waals surface area (Å²) in [4.78, 5) is 25.1. The summed E-state index contributed by atoms with van der Waals surface area (Å²) in [6.07, 6.45) is -0.303. The van der Waals surface area contributed by atoms with Crippen molar-refractivity contribution in [3.05, 3.63) is 27.7 Å². The molecule has 1 atom stereocenters. The van der Waals surface area contributed by atoms with Gasteiger partial charge in [-0.25, -0.2) is 4.79 Å². The zero-order chi connectivity index (χ0) is 14.2. The number of rotatable bonds is 2. The van der Waals surface area contributed by atoms with Crippen molar-refractivity contribution in [3.8, 4) is 0 Å². The number of ether oxygens (including phenoxy) is 1. The summed E-state index contributed by atoms with van der Waals surface area (Å²) in [7, 11) is 1.65. The Morgan fingerprint density at radius 1 is 1.47 bits per heavy atom. The molecule has 19 heavy (non-hydrogen) atoms. The van der Waals surface area contributed by atoms with Crippen LogP contribution in [-0.4, -0.2) is 36.5 Å². The van der Waals surface area contributed by atoms with Crippen LogP contribution in [0.4, 0.5) is 5.69 Å². The Labute approximate surface area is 120 Å². The van der Waals surface area contributed by atoms with Crippen LogP contribution in [0.5, 0.6) is 0 Å². The number of esters is 1. The number of likely N-dealkylation sites (tertiary alicyclic amines) is 1. The Morgan fingerprint density at radius 3 is 2.74 bits per heavy atom. The molecule has 5 nitrogen and oxygen atoms in total. The SMILES string of the molecule is CN1CCC(OC(=O)c2cc(N)cc(Cl)c2Cl)C1=O. The Morgan fingerprint density at radius 2 is 2.16 bits per heavy atom. The molecule has 1 aromatic rings. The van der Waals surface area contributed by atoms with Crippen LogP contribution in [0.15, 0.2) is 12.1 Å². The smallest absolute Gasteiger partial charge is 0.340 e. The normalized spacial score (nSPS) is 18.8. The second-order valence-corrected chi connectivity index (χ2v) is 5.09. The summed E-state index contributed by atoms with van der Waals surface area (Å²) in [5.74, 6) is -0.924. The molecule has 0 bridgehead atoms. The summed E-state index contributed by atoms with van der Waals surface area (Å²) in [5.41, 5.74) is 5.96. The topological polar surface area (TPSA) is 72.6 Å². The van der Waals surface area contributed by atoms with E-state index in [9.17, 15) is 9.59 Å². The van der Waals surface area contributed by atoms with Gasteiger partial charge in [0.05, 0.1) is 15.6 Å². The summed E-state index contributed by atoms with van der Waals surface area (Å²) in [6.45, 7) is 0.558. The number of carbonyl (C=O) groups excluding carboxylic acids is 2. The summed E-state index contributed by atoms with van der Waals surface area (Å²) < 4.78 is 5.14. The first-order valence-electron chi connectivity index (χ1n) is 5.60. The molecule has 1 aliphatic heterocycles. The van der Waals surface area contributed by atoms with Gasteiger partial charge in [0.25, 0.3) is 5.91 Å². The van der Waals surface area contributed by atoms with Gasteiger partial charge in [-0.3, -0.25) is 4.79 Å². The van der Waals surface area contributed by atoms with Crippen LogP contribution in [0.2, 0.25) is 10.0 Å². The maximum atomic E-state index is 12.0. The Hall–Kier alpha value is -1.46. The highest BCUT2D eigenvalue weighted by Crippen LogP contribution is 2.29. The molecule has 0 aromatic heterocycles. The fourth-order valence-corrected chi connectivity index (χ4v) is 2.27. The molecule has 2 rings (SSSR count). The maximum Gasteiger partial charge on any atom is 0.340 e. The molecule has 1 unspecified atom stereocenters. The Balaban J connectivity index is 2.19. The van der Waals surface area contributed by atoms with Crippen molar-refractivity contribution in [2.75, 3.05) is 19.3 Å². The second-order valence-electron chi connectivity index (χ2n) is 4.31. The predicted octanol–water partition coefficient (Wildman–Crippen LogP) is 1.96. The van der Waals surface area contributed by atoms with Crippen molar-refractivity contribution in [1.82, 2.24) is 4.90 Å². The lowest BCUT2D eigenvalue weighted by molar-refractivity contribution is -0.133. The fourth-order valence-electron chi connectivity index (χ4n) is 1.85. The highest BCUT2D eigenvalue weighted by molar-refractivity contribution is 6.44. The van der Waals surface area contributed by atoms with E-state index in [0.29, 0.717) is 18.7 Å². The van der Waals surface area contributed by atoms with Gasteiger partial charge in [0.2, 0.25) is 0 Å². The predicted molar refractivity (Wildman–Crippen MR) is 72.3 cm³/mol. The number of hydrogen-bond acceptors (Lipinski definition) is 4. The molecule has 0 spiro atoms. The quantitative estimate of drug-likeness (QED) is 0.669. The lowest BCUT2D eigenvalue weighted by Crippen LogP contribution is -2.29. The molecule has 0 saturated carbocycles. The summed E-state index contributed by atoms with van der Waals surface area (Å²) >= 11 is 11.8. The highest BCUT2D eigenvalue weighted by Gasteiger charge is 2.33. The lowest BCUT2D eigenvalue weighted by atomic mass is 10.2. The van der Waals surface area contributed by atoms with Gasteiger partial charge in [0, 0.05) is 25.7 Å². The number of nitrogen functional groups attached to an aromatic ring is 1. The molecular weight excluding hydrogens is 291 g/mol. The molecule has 1 aromatic carbocycles. The Kier molecular flexibility index (Phi) is 3.87. The van der Waals surface area contributed by atoms with Crippen LogP contribution < -0.4 is 5.73 Å². The van der Waals surface area contributed by atoms with Crippen molar-refractivity contribution in [1.29, 1.82) is 0 Å². The molecule has 0 radical (unpaired) electrons. The third-order valence-electron chi connectivity index (χ3n) is 2.90. The van der Waals surface area contributed by atoms with Gasteiger partial charge in [-0.1, -0.05) is 23.2 Å². The molecule has 2 N–H and O–H groups in total. The van der Waals surface area contributed by atoms with E-state index in [1.807, 2.05) is 0 Å². The van der Waals surface area contributed by atoms with E-state index in [1.165, 1.54) is 17.0 Å². The molecule has 1 fully saturated rings. The third-order valence-corrected chi connectivity index (χ3v) is 3.70. The number of likely N-dealkylation sites (N-methyl/N-ethyl adjacent to an activating group) is 1. The number of amides is 1. The Bertz CT molecular complexity index is 548. The van der Waals surface area contributed by atoms with Gasteiger partial charge >= 0.3 is 5.97 Å². The molecule has 102 valence electrons. The summed E-state index contributed by atoms with van der Waals surface area (Å²) in [5, 5.41) is 0.239. The minimum atomic E-state index is -0.770. The first-order valence-corrected chi connectivity index (χ1v) is 6.36. The number of carbonyl (C=O) groups is 2. The molecular formula is C12H12Cl2N2O3. The van der Waals surface area contributed by atoms with E-state index in [1.54, 1.807) is 7.05 Å². The van der Waals surface area contributed by atoms with Gasteiger partial charge in [0.1, 0.15) is 0 Å². The van der Waals surface area contributed by atoms with Crippen LogP contribution >= 0.6 is 23.2 Å². The minimum absolute atomic E-state index is 0.0639. The highest BCUT2D eigenvalue weighted by atomic mass is 35.5. The van der Waals surface area contributed by atoms with E-state index in [0.717, 1.165) is 0 Å². The van der Waals surface area contributed by atoms with Crippen molar-refractivity contribution in [2.45, 2.75) is 12.5 Å². The van der Waals surface area contributed by atoms with E-state index in [-0.39, 0.29) is 21.5 Å². The van der Waals surface area contributed by atoms with Crippen LogP contribution in [0.1, 0.15) is 16.8 Å². The molecule has 1 amide bonds.